The largest absolute Gasteiger partial charge is 0.456 e. The van der Waals surface area contributed by atoms with Gasteiger partial charge in [-0.1, -0.05) is 123 Å². The molecule has 0 fully saturated rings. The van der Waals surface area contributed by atoms with E-state index in [0.29, 0.717) is 22.5 Å². The van der Waals surface area contributed by atoms with Crippen molar-refractivity contribution < 1.29 is 23.9 Å². The lowest BCUT2D eigenvalue weighted by Gasteiger charge is -2.28. The molecule has 0 aliphatic heterocycles. The van der Waals surface area contributed by atoms with Gasteiger partial charge in [0.2, 0.25) is 0 Å². The van der Waals surface area contributed by atoms with Gasteiger partial charge in [0.05, 0.1) is 26.2 Å². The zero-order valence-electron chi connectivity index (χ0n) is 40.2. The lowest BCUT2D eigenvalue weighted by molar-refractivity contribution is 0.660. The Morgan fingerprint density at radius 3 is 2.15 bits per heavy atom. The number of anilines is 3. The summed E-state index contributed by atoms with van der Waals surface area (Å²) >= 11 is 0. The highest BCUT2D eigenvalue weighted by atomic mass is 16.3. The van der Waals surface area contributed by atoms with E-state index in [-0.39, 0.29) is 33.7 Å². The highest BCUT2D eigenvalue weighted by Crippen LogP contribution is 2.52. The predicted molar refractivity (Wildman–Crippen MR) is 224 cm³/mol. The summed E-state index contributed by atoms with van der Waals surface area (Å²) in [5.74, 6) is 0. The summed E-state index contributed by atoms with van der Waals surface area (Å²) in [6.07, 6.45) is 0. The molecule has 3 nitrogen and oxygen atoms in total. The van der Waals surface area contributed by atoms with Crippen molar-refractivity contribution in [3.05, 3.63) is 187 Å². The summed E-state index contributed by atoms with van der Waals surface area (Å²) < 4.78 is 111. The van der Waals surface area contributed by atoms with E-state index in [1.165, 1.54) is 0 Å². The molecule has 10 aromatic rings. The fourth-order valence-corrected chi connectivity index (χ4v) is 8.06. The Labute approximate surface area is 328 Å². The van der Waals surface area contributed by atoms with Gasteiger partial charge >= 0.3 is 0 Å². The van der Waals surface area contributed by atoms with Gasteiger partial charge in [-0.2, -0.15) is 0 Å². The van der Waals surface area contributed by atoms with Crippen molar-refractivity contribution >= 4 is 60.9 Å². The van der Waals surface area contributed by atoms with Crippen LogP contribution in [-0.2, 0) is 5.41 Å². The molecule has 256 valence electrons. The van der Waals surface area contributed by atoms with Gasteiger partial charge in [0.1, 0.15) is 22.3 Å². The fraction of sp³-hybridized carbons (Fsp3) is 0.0588. The number of para-hydroxylation sites is 1. The van der Waals surface area contributed by atoms with Crippen molar-refractivity contribution in [1.29, 1.82) is 0 Å². The SMILES string of the molecule is [2H]c1c([2H])c([2H])c(-c2c([2H])c([2H])c3oc4c([2H])c([2H])c([2H])c(N(c5ccc6c(c5)C(C)(C)c5ccc(-c7ccccc7)cc5-6)c5ccc6oc7ccccc7c6c5)c4c3c2[2H])c([2H])c1[2H]. The number of furan rings is 2. The van der Waals surface area contributed by atoms with Crippen molar-refractivity contribution in [2.45, 2.75) is 19.3 Å². The molecule has 1 aliphatic rings. The average molecular weight is 705 g/mol. The predicted octanol–water partition coefficient (Wildman–Crippen LogP) is 14.6. The van der Waals surface area contributed by atoms with Crippen LogP contribution < -0.4 is 4.90 Å². The van der Waals surface area contributed by atoms with Crippen LogP contribution in [-0.4, -0.2) is 0 Å². The van der Waals surface area contributed by atoms with Gasteiger partial charge in [0.15, 0.2) is 0 Å². The summed E-state index contributed by atoms with van der Waals surface area (Å²) in [5.41, 5.74) is 7.02. The maximum Gasteiger partial charge on any atom is 0.137 e. The molecule has 0 radical (unpaired) electrons. The first kappa shape index (κ1) is 21.6. The molecule has 0 unspecified atom stereocenters. The second-order valence-electron chi connectivity index (χ2n) is 14.1. The van der Waals surface area contributed by atoms with E-state index in [0.717, 1.165) is 44.2 Å². The molecule has 54 heavy (non-hydrogen) atoms. The minimum absolute atomic E-state index is 0.0193. The summed E-state index contributed by atoms with van der Waals surface area (Å²) in [6, 6.07) is 29.6. The van der Waals surface area contributed by atoms with Crippen LogP contribution in [0.3, 0.4) is 0 Å². The monoisotopic (exact) mass is 704 g/mol. The molecule has 0 saturated carbocycles. The second kappa shape index (κ2) is 11.6. The fourth-order valence-electron chi connectivity index (χ4n) is 8.06. The highest BCUT2D eigenvalue weighted by molar-refractivity contribution is 6.15. The maximum atomic E-state index is 9.73. The van der Waals surface area contributed by atoms with Gasteiger partial charge < -0.3 is 13.7 Å². The number of nitrogens with zero attached hydrogens (tertiary/aromatic N) is 1. The third kappa shape index (κ3) is 4.61. The minimum atomic E-state index is -0.670. The second-order valence-corrected chi connectivity index (χ2v) is 14.1. The van der Waals surface area contributed by atoms with Crippen LogP contribution in [0.15, 0.2) is 184 Å². The van der Waals surface area contributed by atoms with Gasteiger partial charge in [0, 0.05) is 32.9 Å². The first-order valence-corrected chi connectivity index (χ1v) is 17.7. The molecule has 1 aliphatic carbocycles. The molecule has 0 saturated heterocycles. The van der Waals surface area contributed by atoms with Gasteiger partial charge in [-0.3, -0.25) is 0 Å². The molecular formula is C51H35NO2. The Hall–Kier alpha value is -6.84. The lowest BCUT2D eigenvalue weighted by Crippen LogP contribution is -2.16. The molecular weight excluding hydrogens is 659 g/mol. The summed E-state index contributed by atoms with van der Waals surface area (Å²) in [4.78, 5) is 1.79. The van der Waals surface area contributed by atoms with Crippen molar-refractivity contribution in [2.75, 3.05) is 4.90 Å². The Morgan fingerprint density at radius 2 is 1.26 bits per heavy atom. The molecule has 0 spiro atoms. The molecule has 8 aromatic carbocycles. The van der Waals surface area contributed by atoms with Crippen LogP contribution >= 0.6 is 0 Å². The van der Waals surface area contributed by atoms with Gasteiger partial charge in [-0.05, 0) is 111 Å². The number of hydrogen-bond donors (Lipinski definition) is 0. The third-order valence-corrected chi connectivity index (χ3v) is 10.7. The first-order valence-electron chi connectivity index (χ1n) is 23.2. The van der Waals surface area contributed by atoms with E-state index in [2.05, 4.69) is 50.2 Å². The molecule has 0 N–H and O–H groups in total. The van der Waals surface area contributed by atoms with Gasteiger partial charge in [-0.25, -0.2) is 0 Å². The molecule has 3 heteroatoms. The van der Waals surface area contributed by atoms with E-state index >= 15 is 0 Å². The minimum Gasteiger partial charge on any atom is -0.456 e. The normalized spacial score (nSPS) is 16.0. The van der Waals surface area contributed by atoms with Crippen molar-refractivity contribution in [1.82, 2.24) is 0 Å². The highest BCUT2D eigenvalue weighted by Gasteiger charge is 2.36. The van der Waals surface area contributed by atoms with E-state index in [1.807, 2.05) is 72.8 Å². The summed E-state index contributed by atoms with van der Waals surface area (Å²) in [6.45, 7) is 4.32. The van der Waals surface area contributed by atoms with E-state index in [4.69, 9.17) is 18.4 Å². The van der Waals surface area contributed by atoms with Crippen LogP contribution in [0.25, 0.3) is 77.3 Å². The van der Waals surface area contributed by atoms with Crippen LogP contribution in [0, 0.1) is 0 Å². The Bertz CT molecular complexity index is 3700. The Balaban J connectivity index is 1.24. The van der Waals surface area contributed by atoms with E-state index < -0.39 is 77.0 Å². The number of hydrogen-bond acceptors (Lipinski definition) is 3. The molecule has 0 bridgehead atoms. The molecule has 0 atom stereocenters. The van der Waals surface area contributed by atoms with Gasteiger partial charge in [-0.15, -0.1) is 0 Å². The molecule has 11 rings (SSSR count). The average Bonchev–Trinajstić information content (AvgIpc) is 3.97. The Morgan fingerprint density at radius 1 is 0.481 bits per heavy atom. The summed E-state index contributed by atoms with van der Waals surface area (Å²) in [5, 5.41) is 1.52. The van der Waals surface area contributed by atoms with Crippen molar-refractivity contribution in [2.24, 2.45) is 0 Å². The smallest absolute Gasteiger partial charge is 0.137 e. The van der Waals surface area contributed by atoms with Crippen molar-refractivity contribution in [3.63, 3.8) is 0 Å². The third-order valence-electron chi connectivity index (χ3n) is 10.7. The van der Waals surface area contributed by atoms with Crippen LogP contribution in [0.4, 0.5) is 17.1 Å². The summed E-state index contributed by atoms with van der Waals surface area (Å²) in [7, 11) is 0. The molecule has 0 amide bonds. The van der Waals surface area contributed by atoms with Crippen LogP contribution in [0.2, 0.25) is 0 Å². The number of fused-ring (bicyclic) bond motifs is 9. The zero-order valence-corrected chi connectivity index (χ0v) is 29.2. The lowest BCUT2D eigenvalue weighted by atomic mass is 9.82. The van der Waals surface area contributed by atoms with Gasteiger partial charge in [0.25, 0.3) is 0 Å². The quantitative estimate of drug-likeness (QED) is 0.179. The number of rotatable bonds is 5. The topological polar surface area (TPSA) is 29.5 Å². The van der Waals surface area contributed by atoms with Crippen LogP contribution in [0.1, 0.15) is 40.1 Å². The van der Waals surface area contributed by atoms with Crippen LogP contribution in [0.5, 0.6) is 0 Å². The molecule has 2 heterocycles. The Kier molecular flexibility index (Phi) is 4.64. The maximum absolute atomic E-state index is 9.73. The standard InChI is InChI=1S/C51H35NO2/c1-51(2)43-25-20-34(32-12-5-3-6-13-32)28-40(43)38-24-22-37(31-44(38)51)52(36-23-27-47-41(30-36)39-16-9-10-18-46(39)53-47)45-17-11-19-49-50(45)42-29-35(21-26-48(42)54-49)33-14-7-4-8-15-33/h3-31H,1-2H3/i4D,7D,8D,11D,14D,15D,17D,19D,21D,26D,29D. The number of benzene rings is 8. The van der Waals surface area contributed by atoms with E-state index in [1.54, 1.807) is 4.90 Å². The first-order chi connectivity index (χ1) is 31.1. The van der Waals surface area contributed by atoms with Crippen molar-refractivity contribution in [3.8, 4) is 33.4 Å². The zero-order chi connectivity index (χ0) is 45.5. The van der Waals surface area contributed by atoms with E-state index in [9.17, 15) is 5.48 Å². The molecule has 2 aromatic heterocycles.